The van der Waals surface area contributed by atoms with E-state index in [4.69, 9.17) is 0 Å². The van der Waals surface area contributed by atoms with Gasteiger partial charge in [0.15, 0.2) is 0 Å². The van der Waals surface area contributed by atoms with Crippen molar-refractivity contribution < 1.29 is 28.2 Å². The van der Waals surface area contributed by atoms with Gasteiger partial charge in [-0.25, -0.2) is 0 Å². The predicted molar refractivity (Wildman–Crippen MR) is 95.5 cm³/mol. The Hall–Kier alpha value is -1.61. The predicted octanol–water partition coefficient (Wildman–Crippen LogP) is 2.62. The monoisotopic (exact) mass is 403 g/mol. The van der Waals surface area contributed by atoms with E-state index in [-0.39, 0.29) is 37.1 Å². The molecule has 1 aliphatic carbocycles. The van der Waals surface area contributed by atoms with Crippen molar-refractivity contribution in [2.24, 2.45) is 5.92 Å². The number of rotatable bonds is 3. The number of alkyl halides is 3. The number of carbonyl (C=O) groups excluding carboxylic acids is 1. The van der Waals surface area contributed by atoms with Crippen molar-refractivity contribution in [2.45, 2.75) is 75.8 Å². The van der Waals surface area contributed by atoms with E-state index in [1.54, 1.807) is 6.20 Å². The van der Waals surface area contributed by atoms with Gasteiger partial charge in [-0.3, -0.25) is 9.48 Å². The molecule has 1 aromatic heterocycles. The molecule has 1 amide bonds. The molecule has 1 saturated heterocycles. The van der Waals surface area contributed by atoms with E-state index in [9.17, 15) is 28.2 Å². The van der Waals surface area contributed by atoms with Gasteiger partial charge in [-0.2, -0.15) is 18.3 Å². The number of aliphatic hydroxyl groups excluding tert-OH is 1. The number of hydrogen-bond acceptors (Lipinski definition) is 4. The summed E-state index contributed by atoms with van der Waals surface area (Å²) in [6.45, 7) is 2.74. The maximum atomic E-state index is 13.0. The summed E-state index contributed by atoms with van der Waals surface area (Å²) < 4.78 is 41.0. The van der Waals surface area contributed by atoms with Gasteiger partial charge in [0.05, 0.1) is 12.1 Å². The first-order chi connectivity index (χ1) is 13.0. The van der Waals surface area contributed by atoms with Crippen molar-refractivity contribution >= 4 is 5.91 Å². The van der Waals surface area contributed by atoms with Crippen molar-refractivity contribution in [1.82, 2.24) is 14.7 Å². The van der Waals surface area contributed by atoms with Crippen molar-refractivity contribution in [2.75, 3.05) is 13.1 Å². The first-order valence-electron chi connectivity index (χ1n) is 9.82. The summed E-state index contributed by atoms with van der Waals surface area (Å²) in [4.78, 5) is 13.4. The van der Waals surface area contributed by atoms with E-state index >= 15 is 0 Å². The highest BCUT2D eigenvalue weighted by Gasteiger charge is 2.57. The van der Waals surface area contributed by atoms with E-state index in [2.05, 4.69) is 5.10 Å². The fourth-order valence-electron chi connectivity index (χ4n) is 4.42. The summed E-state index contributed by atoms with van der Waals surface area (Å²) in [5.74, 6) is -1.28. The summed E-state index contributed by atoms with van der Waals surface area (Å²) in [7, 11) is 0. The molecule has 6 nitrogen and oxygen atoms in total. The lowest BCUT2D eigenvalue weighted by Gasteiger charge is -2.40. The van der Waals surface area contributed by atoms with E-state index in [1.807, 2.05) is 17.7 Å². The van der Waals surface area contributed by atoms with Crippen LogP contribution in [-0.2, 0) is 4.79 Å². The van der Waals surface area contributed by atoms with Gasteiger partial charge >= 0.3 is 6.18 Å². The molecular formula is C19H28F3N3O3. The lowest BCUT2D eigenvalue weighted by molar-refractivity contribution is -0.250. The van der Waals surface area contributed by atoms with Gasteiger partial charge < -0.3 is 15.1 Å². The highest BCUT2D eigenvalue weighted by molar-refractivity contribution is 5.85. The van der Waals surface area contributed by atoms with Crippen LogP contribution in [0.2, 0.25) is 0 Å². The maximum absolute atomic E-state index is 13.0. The van der Waals surface area contributed by atoms with E-state index in [0.717, 1.165) is 36.3 Å². The molecule has 0 aromatic carbocycles. The van der Waals surface area contributed by atoms with Gasteiger partial charge in [0.1, 0.15) is 0 Å². The first kappa shape index (κ1) is 21.1. The lowest BCUT2D eigenvalue weighted by Crippen LogP contribution is -2.58. The molecule has 3 rings (SSSR count). The van der Waals surface area contributed by atoms with Crippen LogP contribution in [0, 0.1) is 5.92 Å². The van der Waals surface area contributed by atoms with Crippen LogP contribution in [0.5, 0.6) is 0 Å². The number of nitrogens with zero attached hydrogens (tertiary/aromatic N) is 3. The van der Waals surface area contributed by atoms with Crippen LogP contribution in [0.25, 0.3) is 0 Å². The Morgan fingerprint density at radius 1 is 1.21 bits per heavy atom. The molecule has 2 fully saturated rings. The number of piperidine rings is 1. The van der Waals surface area contributed by atoms with Gasteiger partial charge in [0, 0.05) is 30.9 Å². The fourth-order valence-corrected chi connectivity index (χ4v) is 4.42. The van der Waals surface area contributed by atoms with Gasteiger partial charge in [0.25, 0.3) is 5.91 Å². The summed E-state index contributed by atoms with van der Waals surface area (Å²) in [6, 6.07) is 2.15. The van der Waals surface area contributed by atoms with Crippen LogP contribution in [0.3, 0.4) is 0 Å². The quantitative estimate of drug-likeness (QED) is 0.813. The Bertz CT molecular complexity index is 696. The van der Waals surface area contributed by atoms with Gasteiger partial charge in [0.2, 0.25) is 5.60 Å². The van der Waals surface area contributed by atoms with Crippen LogP contribution in [-0.4, -0.2) is 61.8 Å². The average molecular weight is 403 g/mol. The van der Waals surface area contributed by atoms with Crippen LogP contribution >= 0.6 is 0 Å². The number of aliphatic hydroxyl groups is 2. The molecular weight excluding hydrogens is 375 g/mol. The molecule has 158 valence electrons. The highest BCUT2D eigenvalue weighted by atomic mass is 19.4. The van der Waals surface area contributed by atoms with Gasteiger partial charge in [-0.15, -0.1) is 0 Å². The Morgan fingerprint density at radius 3 is 2.43 bits per heavy atom. The van der Waals surface area contributed by atoms with E-state index in [0.29, 0.717) is 13.3 Å². The zero-order chi connectivity index (χ0) is 20.7. The zero-order valence-corrected chi connectivity index (χ0v) is 16.2. The molecule has 0 bridgehead atoms. The van der Waals surface area contributed by atoms with Crippen molar-refractivity contribution in [3.8, 4) is 0 Å². The third-order valence-electron chi connectivity index (χ3n) is 6.25. The molecule has 28 heavy (non-hydrogen) atoms. The molecule has 1 saturated carbocycles. The lowest BCUT2D eigenvalue weighted by atomic mass is 9.83. The van der Waals surface area contributed by atoms with Crippen LogP contribution in [0.1, 0.15) is 63.6 Å². The topological polar surface area (TPSA) is 78.6 Å². The molecule has 9 heteroatoms. The Morgan fingerprint density at radius 2 is 1.86 bits per heavy atom. The van der Waals surface area contributed by atoms with Crippen molar-refractivity contribution in [3.05, 3.63) is 18.0 Å². The molecule has 2 aliphatic rings. The SMILES string of the molecule is C[C@@H]1CN(C(=O)[C@@](C)(O)C(F)(F)F)CC[C@@H]1c1ccnn1C1CCC(O)CC1. The molecule has 2 N–H and O–H groups in total. The largest absolute Gasteiger partial charge is 0.426 e. The zero-order valence-electron chi connectivity index (χ0n) is 16.2. The Kier molecular flexibility index (Phi) is 5.78. The Labute approximate surface area is 162 Å². The summed E-state index contributed by atoms with van der Waals surface area (Å²) >= 11 is 0. The first-order valence-corrected chi connectivity index (χ1v) is 9.82. The molecule has 1 aliphatic heterocycles. The number of aromatic nitrogens is 2. The third-order valence-corrected chi connectivity index (χ3v) is 6.25. The fraction of sp³-hybridized carbons (Fsp3) is 0.789. The number of hydrogen-bond donors (Lipinski definition) is 2. The standard InChI is InChI=1S/C19H28F3N3O3/c1-12-11-24(17(27)18(2,28)19(20,21)22)10-8-15(12)16-7-9-23-25(16)13-3-5-14(26)6-4-13/h7,9,12-15,26,28H,3-6,8,10-11H2,1-2H3/t12-,13?,14?,15+,18-/m1/s1. The van der Waals surface area contributed by atoms with Gasteiger partial charge in [-0.1, -0.05) is 6.92 Å². The smallest absolute Gasteiger partial charge is 0.393 e. The summed E-state index contributed by atoms with van der Waals surface area (Å²) in [5.41, 5.74) is -2.34. The van der Waals surface area contributed by atoms with Crippen molar-refractivity contribution in [3.63, 3.8) is 0 Å². The van der Waals surface area contributed by atoms with E-state index in [1.165, 1.54) is 0 Å². The minimum Gasteiger partial charge on any atom is -0.393 e. The Balaban J connectivity index is 1.70. The normalized spacial score (nSPS) is 31.5. The molecule has 0 spiro atoms. The second-order valence-electron chi connectivity index (χ2n) is 8.36. The van der Waals surface area contributed by atoms with E-state index < -0.39 is 17.7 Å². The van der Waals surface area contributed by atoms with Crippen LogP contribution < -0.4 is 0 Å². The molecule has 1 aromatic rings. The van der Waals surface area contributed by atoms with Crippen LogP contribution in [0.15, 0.2) is 12.3 Å². The number of likely N-dealkylation sites (tertiary alicyclic amines) is 1. The highest BCUT2D eigenvalue weighted by Crippen LogP contribution is 2.38. The van der Waals surface area contributed by atoms with Crippen molar-refractivity contribution in [1.29, 1.82) is 0 Å². The average Bonchev–Trinajstić information content (AvgIpc) is 3.10. The molecule has 2 heterocycles. The van der Waals surface area contributed by atoms with Gasteiger partial charge in [-0.05, 0) is 51.0 Å². The molecule has 3 atom stereocenters. The minimum absolute atomic E-state index is 0.0636. The number of halogens is 3. The summed E-state index contributed by atoms with van der Waals surface area (Å²) in [5, 5.41) is 23.9. The van der Waals surface area contributed by atoms with Crippen LogP contribution in [0.4, 0.5) is 13.2 Å². The minimum atomic E-state index is -5.01. The second-order valence-corrected chi connectivity index (χ2v) is 8.36. The third kappa shape index (κ3) is 3.91. The second kappa shape index (κ2) is 7.67. The summed E-state index contributed by atoms with van der Waals surface area (Å²) in [6.07, 6.45) is 0.143. The number of carbonyl (C=O) groups is 1. The molecule has 0 radical (unpaired) electrons. The number of amides is 1. The molecule has 0 unspecified atom stereocenters. The maximum Gasteiger partial charge on any atom is 0.426 e.